The Hall–Kier alpha value is -3.08. The maximum Gasteiger partial charge on any atom is 0.214 e. The Balaban J connectivity index is 2.31. The SMILES string of the molecule is COc1cccc([C@H]2O[C@]3(C)OC(=N)[C@](C#N)([C@H]3C)C2(C#N)C#N)c1. The van der Waals surface area contributed by atoms with E-state index < -0.39 is 34.5 Å². The zero-order valence-electron chi connectivity index (χ0n) is 14.0. The van der Waals surface area contributed by atoms with Crippen molar-refractivity contribution in [2.75, 3.05) is 7.11 Å². The van der Waals surface area contributed by atoms with Gasteiger partial charge in [-0.2, -0.15) is 15.8 Å². The molecule has 2 fully saturated rings. The van der Waals surface area contributed by atoms with Crippen LogP contribution < -0.4 is 4.74 Å². The van der Waals surface area contributed by atoms with Crippen LogP contribution in [0.25, 0.3) is 0 Å². The maximum atomic E-state index is 9.95. The van der Waals surface area contributed by atoms with Crippen molar-refractivity contribution in [2.24, 2.45) is 16.7 Å². The van der Waals surface area contributed by atoms with Crippen LogP contribution in [-0.4, -0.2) is 18.8 Å². The minimum Gasteiger partial charge on any atom is -0.497 e. The van der Waals surface area contributed by atoms with Gasteiger partial charge in [-0.15, -0.1) is 0 Å². The summed E-state index contributed by atoms with van der Waals surface area (Å²) in [4.78, 5) is 0. The summed E-state index contributed by atoms with van der Waals surface area (Å²) in [5, 5.41) is 38.1. The van der Waals surface area contributed by atoms with Gasteiger partial charge in [0.15, 0.2) is 5.41 Å². The van der Waals surface area contributed by atoms with E-state index in [4.69, 9.17) is 19.6 Å². The molecular weight excluding hydrogens is 320 g/mol. The fourth-order valence-electron chi connectivity index (χ4n) is 3.81. The quantitative estimate of drug-likeness (QED) is 0.885. The number of rotatable bonds is 2. The Morgan fingerprint density at radius 2 is 1.88 bits per heavy atom. The van der Waals surface area contributed by atoms with Crippen LogP contribution in [0.2, 0.25) is 0 Å². The van der Waals surface area contributed by atoms with Crippen molar-refractivity contribution < 1.29 is 14.2 Å². The lowest BCUT2D eigenvalue weighted by Gasteiger charge is -2.47. The highest BCUT2D eigenvalue weighted by atomic mass is 16.7. The fraction of sp³-hybridized carbons (Fsp3) is 0.444. The molecule has 2 saturated heterocycles. The Bertz CT molecular complexity index is 864. The van der Waals surface area contributed by atoms with Crippen LogP contribution in [0.1, 0.15) is 25.5 Å². The van der Waals surface area contributed by atoms with Gasteiger partial charge < -0.3 is 14.2 Å². The van der Waals surface area contributed by atoms with Crippen LogP contribution in [0.3, 0.4) is 0 Å². The smallest absolute Gasteiger partial charge is 0.214 e. The number of nitriles is 3. The van der Waals surface area contributed by atoms with Gasteiger partial charge in [0.25, 0.3) is 0 Å². The number of hydrogen-bond donors (Lipinski definition) is 1. The second-order valence-electron chi connectivity index (χ2n) is 6.39. The van der Waals surface area contributed by atoms with E-state index in [1.807, 2.05) is 18.2 Å². The molecule has 0 spiro atoms. The van der Waals surface area contributed by atoms with Gasteiger partial charge in [0.1, 0.15) is 11.9 Å². The molecule has 0 unspecified atom stereocenters. The molecule has 0 aliphatic carbocycles. The largest absolute Gasteiger partial charge is 0.497 e. The Morgan fingerprint density at radius 3 is 2.44 bits per heavy atom. The third kappa shape index (κ3) is 1.78. The van der Waals surface area contributed by atoms with Gasteiger partial charge in [0, 0.05) is 6.92 Å². The summed E-state index contributed by atoms with van der Waals surface area (Å²) in [6.45, 7) is 3.28. The van der Waals surface area contributed by atoms with Crippen molar-refractivity contribution in [1.29, 1.82) is 21.2 Å². The molecule has 7 nitrogen and oxygen atoms in total. The predicted octanol–water partition coefficient (Wildman–Crippen LogP) is 2.67. The van der Waals surface area contributed by atoms with Crippen molar-refractivity contribution in [3.05, 3.63) is 29.8 Å². The first kappa shape index (κ1) is 16.8. The number of ether oxygens (including phenoxy) is 3. The minimum atomic E-state index is -1.93. The van der Waals surface area contributed by atoms with Crippen molar-refractivity contribution in [3.63, 3.8) is 0 Å². The third-order valence-electron chi connectivity index (χ3n) is 5.39. The molecule has 0 aromatic heterocycles. The fourth-order valence-corrected chi connectivity index (χ4v) is 3.81. The average molecular weight is 336 g/mol. The van der Waals surface area contributed by atoms with Crippen LogP contribution in [0.4, 0.5) is 0 Å². The highest BCUT2D eigenvalue weighted by molar-refractivity contribution is 5.89. The molecule has 1 aromatic rings. The summed E-state index contributed by atoms with van der Waals surface area (Å²) in [7, 11) is 1.51. The summed E-state index contributed by atoms with van der Waals surface area (Å²) in [6, 6.07) is 12.8. The molecule has 1 N–H and O–H groups in total. The van der Waals surface area contributed by atoms with Crippen LogP contribution in [0, 0.1) is 56.2 Å². The molecule has 1 aromatic carbocycles. The van der Waals surface area contributed by atoms with Gasteiger partial charge >= 0.3 is 0 Å². The maximum absolute atomic E-state index is 9.95. The number of benzene rings is 1. The first-order valence-corrected chi connectivity index (χ1v) is 7.68. The second-order valence-corrected chi connectivity index (χ2v) is 6.39. The standard InChI is InChI=1S/C18H16N4O3/c1-11-16(2)24-14(12-5-4-6-13(7-12)23-3)17(8-19,9-20)18(11,10-21)15(22)25-16/h4-7,11,14,22H,1-3H3/t11-,14+,16+,18-/m0/s1. The minimum absolute atomic E-state index is 0.404. The summed E-state index contributed by atoms with van der Waals surface area (Å²) >= 11 is 0. The monoisotopic (exact) mass is 336 g/mol. The number of nitrogens with zero attached hydrogens (tertiary/aromatic N) is 3. The number of nitrogens with one attached hydrogen (secondary N) is 1. The van der Waals surface area contributed by atoms with Gasteiger partial charge in [-0.05, 0) is 17.7 Å². The summed E-state index contributed by atoms with van der Waals surface area (Å²) in [5.74, 6) is -1.82. The first-order chi connectivity index (χ1) is 11.8. The molecule has 3 rings (SSSR count). The molecule has 4 atom stereocenters. The van der Waals surface area contributed by atoms with Crippen LogP contribution in [0.15, 0.2) is 24.3 Å². The molecule has 25 heavy (non-hydrogen) atoms. The summed E-state index contributed by atoms with van der Waals surface area (Å²) in [6.07, 6.45) is -1.07. The topological polar surface area (TPSA) is 123 Å². The normalized spacial score (nSPS) is 35.0. The van der Waals surface area contributed by atoms with Gasteiger partial charge in [-0.25, -0.2) is 0 Å². The lowest BCUT2D eigenvalue weighted by molar-refractivity contribution is -0.268. The Morgan fingerprint density at radius 1 is 1.20 bits per heavy atom. The van der Waals surface area contributed by atoms with Crippen molar-refractivity contribution >= 4 is 5.90 Å². The van der Waals surface area contributed by atoms with E-state index in [-0.39, 0.29) is 0 Å². The molecule has 0 radical (unpaired) electrons. The summed E-state index contributed by atoms with van der Waals surface area (Å²) < 4.78 is 16.8. The molecule has 2 heterocycles. The molecule has 2 bridgehead atoms. The van der Waals surface area contributed by atoms with E-state index in [9.17, 15) is 15.8 Å². The molecule has 126 valence electrons. The van der Waals surface area contributed by atoms with Crippen molar-refractivity contribution in [1.82, 2.24) is 0 Å². The van der Waals surface area contributed by atoms with Gasteiger partial charge in [-0.3, -0.25) is 5.41 Å². The number of hydrogen-bond acceptors (Lipinski definition) is 7. The van der Waals surface area contributed by atoms with Crippen molar-refractivity contribution in [3.8, 4) is 24.0 Å². The number of methoxy groups -OCH3 is 1. The molecular formula is C18H16N4O3. The first-order valence-electron chi connectivity index (χ1n) is 7.68. The van der Waals surface area contributed by atoms with Gasteiger partial charge in [0.2, 0.25) is 17.1 Å². The molecule has 2 aliphatic rings. The van der Waals surface area contributed by atoms with E-state index in [0.717, 1.165) is 0 Å². The van der Waals surface area contributed by atoms with E-state index in [1.54, 1.807) is 38.1 Å². The van der Waals surface area contributed by atoms with Gasteiger partial charge in [0.05, 0.1) is 31.2 Å². The highest BCUT2D eigenvalue weighted by Crippen LogP contribution is 2.66. The van der Waals surface area contributed by atoms with E-state index in [2.05, 4.69) is 0 Å². The molecule has 0 amide bonds. The second kappa shape index (κ2) is 5.21. The van der Waals surface area contributed by atoms with Crippen LogP contribution in [0.5, 0.6) is 5.75 Å². The van der Waals surface area contributed by atoms with Crippen LogP contribution >= 0.6 is 0 Å². The predicted molar refractivity (Wildman–Crippen MR) is 84.9 cm³/mol. The average Bonchev–Trinajstić information content (AvgIpc) is 2.77. The summed E-state index contributed by atoms with van der Waals surface area (Å²) in [5.41, 5.74) is -3.14. The lowest BCUT2D eigenvalue weighted by atomic mass is 9.54. The highest BCUT2D eigenvalue weighted by Gasteiger charge is 2.78. The Kier molecular flexibility index (Phi) is 3.49. The third-order valence-corrected chi connectivity index (χ3v) is 5.39. The number of fused-ring (bicyclic) bond motifs is 2. The van der Waals surface area contributed by atoms with E-state index >= 15 is 0 Å². The lowest BCUT2D eigenvalue weighted by Crippen LogP contribution is -2.57. The molecule has 0 saturated carbocycles. The molecule has 2 aliphatic heterocycles. The van der Waals surface area contributed by atoms with E-state index in [0.29, 0.717) is 11.3 Å². The molecule has 7 heteroatoms. The van der Waals surface area contributed by atoms with E-state index in [1.165, 1.54) is 7.11 Å². The Labute approximate surface area is 145 Å². The van der Waals surface area contributed by atoms with Crippen molar-refractivity contribution in [2.45, 2.75) is 25.7 Å². The van der Waals surface area contributed by atoms with Gasteiger partial charge in [-0.1, -0.05) is 19.1 Å². The zero-order valence-corrected chi connectivity index (χ0v) is 14.0. The zero-order chi connectivity index (χ0) is 18.5. The van der Waals surface area contributed by atoms with Crippen LogP contribution in [-0.2, 0) is 9.47 Å².